The van der Waals surface area contributed by atoms with Gasteiger partial charge in [0.15, 0.2) is 0 Å². The molecule has 0 bridgehead atoms. The minimum atomic E-state index is -0.734. The molecule has 0 aliphatic carbocycles. The largest absolute Gasteiger partial charge is 0.127 e. The van der Waals surface area contributed by atoms with Gasteiger partial charge in [0.05, 0.1) is 0 Å². The van der Waals surface area contributed by atoms with Crippen LogP contribution in [0.3, 0.4) is 0 Å². The minimum absolute atomic E-state index is 0.428. The molecule has 26 valence electrons. The first-order valence-corrected chi connectivity index (χ1v) is 1.71. The first-order chi connectivity index (χ1) is 2.77. The van der Waals surface area contributed by atoms with Gasteiger partial charge in [-0.1, -0.05) is 6.88 Å². The standard InChI is InChI=1S/C3H7Cl/c1-2-3-4/h2-3H2,1H3/i1D2. The van der Waals surface area contributed by atoms with E-state index in [1.54, 1.807) is 0 Å². The molecule has 0 aromatic rings. The van der Waals surface area contributed by atoms with Crippen molar-refractivity contribution in [3.63, 3.8) is 0 Å². The van der Waals surface area contributed by atoms with Crippen LogP contribution in [-0.4, -0.2) is 5.88 Å². The number of rotatable bonds is 1. The average Bonchev–Trinajstić information content (AvgIpc) is 1.35. The van der Waals surface area contributed by atoms with E-state index >= 15 is 0 Å². The van der Waals surface area contributed by atoms with E-state index in [1.807, 2.05) is 0 Å². The summed E-state index contributed by atoms with van der Waals surface area (Å²) in [5.41, 5.74) is 0. The third-order valence-electron chi connectivity index (χ3n) is 0.109. The Morgan fingerprint density at radius 3 is 3.00 bits per heavy atom. The molecule has 4 heavy (non-hydrogen) atoms. The summed E-state index contributed by atoms with van der Waals surface area (Å²) in [7, 11) is 0. The van der Waals surface area contributed by atoms with E-state index in [2.05, 4.69) is 0 Å². The number of halogens is 1. The second-order valence-electron chi connectivity index (χ2n) is 0.478. The Kier molecular flexibility index (Phi) is 1.36. The summed E-state index contributed by atoms with van der Waals surface area (Å²) in [5.74, 6) is 0.428. The SMILES string of the molecule is [2H]C([2H])CCCl. The first-order valence-electron chi connectivity index (χ1n) is 2.33. The van der Waals surface area contributed by atoms with Crippen LogP contribution in [0.4, 0.5) is 0 Å². The summed E-state index contributed by atoms with van der Waals surface area (Å²) < 4.78 is 13.1. The van der Waals surface area contributed by atoms with Crippen molar-refractivity contribution in [2.75, 3.05) is 5.88 Å². The fraction of sp³-hybridized carbons (Fsp3) is 1.00. The Morgan fingerprint density at radius 1 is 2.25 bits per heavy atom. The van der Waals surface area contributed by atoms with Crippen LogP contribution in [-0.2, 0) is 0 Å². The average molecular weight is 80.6 g/mol. The van der Waals surface area contributed by atoms with Crippen molar-refractivity contribution in [2.45, 2.75) is 13.3 Å². The van der Waals surface area contributed by atoms with Crippen LogP contribution in [0.5, 0.6) is 0 Å². The smallest absolute Gasteiger partial charge is 0.0231 e. The molecule has 0 aliphatic heterocycles. The van der Waals surface area contributed by atoms with Crippen LogP contribution in [0.2, 0.25) is 0 Å². The van der Waals surface area contributed by atoms with E-state index in [0.717, 1.165) is 0 Å². The lowest BCUT2D eigenvalue weighted by Crippen LogP contribution is -1.55. The van der Waals surface area contributed by atoms with Gasteiger partial charge in [0.1, 0.15) is 0 Å². The summed E-state index contributed by atoms with van der Waals surface area (Å²) in [4.78, 5) is 0. The fourth-order valence-electron chi connectivity index (χ4n) is 0. The Balaban J connectivity index is 2.63. The van der Waals surface area contributed by atoms with Crippen molar-refractivity contribution in [2.24, 2.45) is 0 Å². The van der Waals surface area contributed by atoms with Crippen LogP contribution in [0, 0.1) is 0 Å². The number of hydrogen-bond acceptors (Lipinski definition) is 0. The van der Waals surface area contributed by atoms with Crippen molar-refractivity contribution < 1.29 is 2.74 Å². The topological polar surface area (TPSA) is 0 Å². The van der Waals surface area contributed by atoms with Crippen LogP contribution < -0.4 is 0 Å². The van der Waals surface area contributed by atoms with E-state index < -0.39 is 6.88 Å². The number of hydrogen-bond donors (Lipinski definition) is 0. The highest BCUT2D eigenvalue weighted by atomic mass is 35.5. The molecule has 0 heterocycles. The third-order valence-corrected chi connectivity index (χ3v) is 0.327. The maximum Gasteiger partial charge on any atom is 0.0231 e. The van der Waals surface area contributed by atoms with Crippen molar-refractivity contribution in [1.82, 2.24) is 0 Å². The molecule has 0 aromatic carbocycles. The number of alkyl halides is 1. The third kappa shape index (κ3) is 2.29. The van der Waals surface area contributed by atoms with E-state index in [1.165, 1.54) is 0 Å². The van der Waals surface area contributed by atoms with E-state index in [4.69, 9.17) is 14.3 Å². The molecule has 0 atom stereocenters. The second-order valence-corrected chi connectivity index (χ2v) is 0.856. The molecule has 0 fully saturated rings. The highest BCUT2D eigenvalue weighted by molar-refractivity contribution is 6.17. The van der Waals surface area contributed by atoms with Crippen LogP contribution in [0.15, 0.2) is 0 Å². The molecule has 0 saturated carbocycles. The van der Waals surface area contributed by atoms with Crippen molar-refractivity contribution >= 4 is 11.6 Å². The van der Waals surface area contributed by atoms with Crippen LogP contribution in [0.25, 0.3) is 0 Å². The zero-order valence-corrected chi connectivity index (χ0v) is 3.13. The summed E-state index contributed by atoms with van der Waals surface area (Å²) >= 11 is 5.16. The molecule has 0 saturated heterocycles. The zero-order chi connectivity index (χ0) is 4.99. The summed E-state index contributed by atoms with van der Waals surface area (Å²) in [6.07, 6.45) is 0.474. The van der Waals surface area contributed by atoms with Crippen LogP contribution in [0.1, 0.15) is 16.0 Å². The summed E-state index contributed by atoms with van der Waals surface area (Å²) in [5, 5.41) is 0. The molecule has 0 radical (unpaired) electrons. The molecule has 1 heteroatoms. The Morgan fingerprint density at radius 2 is 3.00 bits per heavy atom. The molecule has 0 spiro atoms. The predicted octanol–water partition coefficient (Wildman–Crippen LogP) is 1.64. The van der Waals surface area contributed by atoms with Gasteiger partial charge in [-0.25, -0.2) is 0 Å². The fourth-order valence-corrected chi connectivity index (χ4v) is 0. The maximum atomic E-state index is 6.56. The van der Waals surface area contributed by atoms with Gasteiger partial charge in [-0.15, -0.1) is 11.6 Å². The van der Waals surface area contributed by atoms with Gasteiger partial charge >= 0.3 is 0 Å². The lowest BCUT2D eigenvalue weighted by Gasteiger charge is -1.65. The maximum absolute atomic E-state index is 6.56. The Hall–Kier alpha value is 0.290. The molecule has 0 unspecified atom stereocenters. The molecule has 0 rings (SSSR count). The normalized spacial score (nSPS) is 15.5. The van der Waals surface area contributed by atoms with Crippen molar-refractivity contribution in [3.8, 4) is 0 Å². The van der Waals surface area contributed by atoms with Crippen molar-refractivity contribution in [3.05, 3.63) is 0 Å². The Bertz CT molecular complexity index is 30.0. The van der Waals surface area contributed by atoms with Gasteiger partial charge in [-0.2, -0.15) is 0 Å². The molecule has 0 nitrogen and oxygen atoms in total. The first kappa shape index (κ1) is 1.66. The highest BCUT2D eigenvalue weighted by Crippen LogP contribution is 1.75. The monoisotopic (exact) mass is 80.0 g/mol. The van der Waals surface area contributed by atoms with Gasteiger partial charge in [0, 0.05) is 8.62 Å². The van der Waals surface area contributed by atoms with Gasteiger partial charge in [0.25, 0.3) is 0 Å². The van der Waals surface area contributed by atoms with Crippen LogP contribution >= 0.6 is 11.6 Å². The Labute approximate surface area is 34.6 Å². The lowest BCUT2D eigenvalue weighted by molar-refractivity contribution is 1.10. The van der Waals surface area contributed by atoms with Gasteiger partial charge in [-0.05, 0) is 6.42 Å². The minimum Gasteiger partial charge on any atom is -0.127 e. The quantitative estimate of drug-likeness (QED) is 0.420. The highest BCUT2D eigenvalue weighted by Gasteiger charge is 1.59. The van der Waals surface area contributed by atoms with Gasteiger partial charge < -0.3 is 0 Å². The lowest BCUT2D eigenvalue weighted by atomic mass is 10.6. The van der Waals surface area contributed by atoms with E-state index in [-0.39, 0.29) is 0 Å². The molecule has 0 aliphatic rings. The van der Waals surface area contributed by atoms with Crippen molar-refractivity contribution in [1.29, 1.82) is 0 Å². The summed E-state index contributed by atoms with van der Waals surface area (Å²) in [6.45, 7) is -0.734. The predicted molar refractivity (Wildman–Crippen MR) is 21.0 cm³/mol. The molecule has 0 amide bonds. The molecule has 0 aromatic heterocycles. The van der Waals surface area contributed by atoms with E-state index in [9.17, 15) is 0 Å². The molecular formula is C3H7Cl. The molecule has 0 N–H and O–H groups in total. The van der Waals surface area contributed by atoms with Gasteiger partial charge in [0.2, 0.25) is 0 Å². The summed E-state index contributed by atoms with van der Waals surface area (Å²) in [6, 6.07) is 0. The van der Waals surface area contributed by atoms with Gasteiger partial charge in [-0.3, -0.25) is 0 Å². The zero-order valence-electron chi connectivity index (χ0n) is 4.37. The second kappa shape index (κ2) is 3.29. The molecular weight excluding hydrogens is 71.5 g/mol. The van der Waals surface area contributed by atoms with E-state index in [0.29, 0.717) is 12.3 Å².